The first-order valence-electron chi connectivity index (χ1n) is 6.29. The van der Waals surface area contributed by atoms with E-state index < -0.39 is 12.1 Å². The summed E-state index contributed by atoms with van der Waals surface area (Å²) >= 11 is 3.35. The van der Waals surface area contributed by atoms with Gasteiger partial charge in [-0.25, -0.2) is 4.79 Å². The number of carbonyl (C=O) groups is 2. The highest BCUT2D eigenvalue weighted by Gasteiger charge is 2.18. The van der Waals surface area contributed by atoms with Crippen molar-refractivity contribution in [2.45, 2.75) is 12.5 Å². The Morgan fingerprint density at radius 3 is 2.90 bits per heavy atom. The minimum Gasteiger partial charge on any atom is -0.488 e. The largest absolute Gasteiger partial charge is 0.488 e. The summed E-state index contributed by atoms with van der Waals surface area (Å²) in [7, 11) is 0. The highest BCUT2D eigenvalue weighted by atomic mass is 79.9. The summed E-state index contributed by atoms with van der Waals surface area (Å²) in [6.07, 6.45) is 0.211. The number of benzene rings is 1. The zero-order valence-corrected chi connectivity index (χ0v) is 12.6. The molecule has 1 aliphatic heterocycles. The van der Waals surface area contributed by atoms with Crippen LogP contribution in [-0.2, 0) is 9.59 Å². The molecule has 112 valence electrons. The van der Waals surface area contributed by atoms with Gasteiger partial charge in [0.2, 0.25) is 0 Å². The van der Waals surface area contributed by atoms with Gasteiger partial charge in [0.05, 0.1) is 5.57 Å². The van der Waals surface area contributed by atoms with Crippen molar-refractivity contribution >= 4 is 33.9 Å². The number of fused-ring (bicyclic) bond motifs is 1. The molecule has 7 heteroatoms. The summed E-state index contributed by atoms with van der Waals surface area (Å²) in [5.74, 6) is -0.933. The number of carbonyl (C=O) groups excluding carboxylic acids is 1. The molecule has 0 aromatic heterocycles. The van der Waals surface area contributed by atoms with Crippen molar-refractivity contribution in [2.24, 2.45) is 0 Å². The SMILES string of the molecule is O=C(NCC[C@H](O)C(=O)O)C1=Cc2cc(Br)ccc2OC1. The molecular weight excluding hydrogens is 342 g/mol. The number of hydrogen-bond acceptors (Lipinski definition) is 4. The molecule has 21 heavy (non-hydrogen) atoms. The third-order valence-corrected chi connectivity index (χ3v) is 3.46. The van der Waals surface area contributed by atoms with Crippen LogP contribution in [0.3, 0.4) is 0 Å². The quantitative estimate of drug-likeness (QED) is 0.736. The summed E-state index contributed by atoms with van der Waals surface area (Å²) in [4.78, 5) is 22.4. The Balaban J connectivity index is 1.96. The van der Waals surface area contributed by atoms with Crippen LogP contribution in [0.4, 0.5) is 0 Å². The van der Waals surface area contributed by atoms with Crippen LogP contribution in [0.15, 0.2) is 28.2 Å². The molecule has 3 N–H and O–H groups in total. The molecular formula is C14H14BrNO5. The molecule has 2 rings (SSSR count). The highest BCUT2D eigenvalue weighted by Crippen LogP contribution is 2.29. The van der Waals surface area contributed by atoms with Gasteiger partial charge in [-0.1, -0.05) is 15.9 Å². The predicted octanol–water partition coefficient (Wildman–Crippen LogP) is 1.18. The minimum atomic E-state index is -1.47. The number of amides is 1. The maximum absolute atomic E-state index is 11.9. The van der Waals surface area contributed by atoms with Crippen molar-refractivity contribution in [1.29, 1.82) is 0 Å². The Morgan fingerprint density at radius 2 is 2.19 bits per heavy atom. The minimum absolute atomic E-state index is 0.0443. The van der Waals surface area contributed by atoms with E-state index in [0.717, 1.165) is 10.0 Å². The lowest BCUT2D eigenvalue weighted by Crippen LogP contribution is -2.32. The number of aliphatic hydroxyl groups is 1. The van der Waals surface area contributed by atoms with Crippen LogP contribution in [0.5, 0.6) is 5.75 Å². The van der Waals surface area contributed by atoms with E-state index in [4.69, 9.17) is 14.9 Å². The molecule has 0 saturated heterocycles. The summed E-state index contributed by atoms with van der Waals surface area (Å²) in [5, 5.41) is 20.2. The maximum Gasteiger partial charge on any atom is 0.332 e. The van der Waals surface area contributed by atoms with Crippen molar-refractivity contribution in [2.75, 3.05) is 13.2 Å². The first-order chi connectivity index (χ1) is 9.97. The van der Waals surface area contributed by atoms with Crippen molar-refractivity contribution in [3.05, 3.63) is 33.8 Å². The smallest absolute Gasteiger partial charge is 0.332 e. The van der Waals surface area contributed by atoms with Crippen LogP contribution in [0, 0.1) is 0 Å². The van der Waals surface area contributed by atoms with Gasteiger partial charge in [-0.05, 0) is 24.3 Å². The van der Waals surface area contributed by atoms with Crippen molar-refractivity contribution in [1.82, 2.24) is 5.32 Å². The summed E-state index contributed by atoms with van der Waals surface area (Å²) in [6.45, 7) is 0.233. The molecule has 0 spiro atoms. The van der Waals surface area contributed by atoms with Gasteiger partial charge in [-0.15, -0.1) is 0 Å². The Hall–Kier alpha value is -1.86. The van der Waals surface area contributed by atoms with Gasteiger partial charge in [0.25, 0.3) is 5.91 Å². The number of aliphatic carboxylic acids is 1. The lowest BCUT2D eigenvalue weighted by Gasteiger charge is -2.18. The molecule has 0 unspecified atom stereocenters. The molecule has 0 radical (unpaired) electrons. The molecule has 0 aliphatic carbocycles. The molecule has 1 aromatic carbocycles. The first kappa shape index (κ1) is 15.5. The topological polar surface area (TPSA) is 95.9 Å². The summed E-state index contributed by atoms with van der Waals surface area (Å²) in [6, 6.07) is 5.51. The van der Waals surface area contributed by atoms with E-state index in [0.29, 0.717) is 11.3 Å². The standard InChI is InChI=1S/C14H14BrNO5/c15-10-1-2-12-8(6-10)5-9(7-21-12)13(18)16-4-3-11(17)14(19)20/h1-2,5-6,11,17H,3-4,7H2,(H,16,18)(H,19,20)/t11-/m0/s1. The summed E-state index contributed by atoms with van der Waals surface area (Å²) < 4.78 is 6.37. The average molecular weight is 356 g/mol. The molecule has 1 atom stereocenters. The second-order valence-electron chi connectivity index (χ2n) is 4.54. The van der Waals surface area contributed by atoms with Crippen LogP contribution >= 0.6 is 15.9 Å². The Bertz CT molecular complexity index is 599. The van der Waals surface area contributed by atoms with E-state index in [1.807, 2.05) is 18.2 Å². The van der Waals surface area contributed by atoms with Crippen molar-refractivity contribution < 1.29 is 24.5 Å². The fourth-order valence-electron chi connectivity index (χ4n) is 1.84. The second kappa shape index (κ2) is 6.73. The number of hydrogen-bond donors (Lipinski definition) is 3. The van der Waals surface area contributed by atoms with Crippen LogP contribution in [0.2, 0.25) is 0 Å². The fourth-order valence-corrected chi connectivity index (χ4v) is 2.22. The van der Waals surface area contributed by atoms with E-state index in [-0.39, 0.29) is 25.5 Å². The van der Waals surface area contributed by atoms with E-state index >= 15 is 0 Å². The first-order valence-corrected chi connectivity index (χ1v) is 7.08. The molecule has 1 heterocycles. The second-order valence-corrected chi connectivity index (χ2v) is 5.45. The molecule has 0 saturated carbocycles. The van der Waals surface area contributed by atoms with Gasteiger partial charge in [-0.2, -0.15) is 0 Å². The van der Waals surface area contributed by atoms with Gasteiger partial charge >= 0.3 is 5.97 Å². The lowest BCUT2D eigenvalue weighted by molar-refractivity contribution is -0.147. The number of ether oxygens (including phenoxy) is 1. The summed E-state index contributed by atoms with van der Waals surface area (Å²) in [5.41, 5.74) is 1.25. The van der Waals surface area contributed by atoms with Gasteiger partial charge in [0, 0.05) is 23.0 Å². The third-order valence-electron chi connectivity index (χ3n) is 2.96. The lowest BCUT2D eigenvalue weighted by atomic mass is 10.1. The van der Waals surface area contributed by atoms with Gasteiger partial charge in [0.15, 0.2) is 6.10 Å². The molecule has 1 amide bonds. The monoisotopic (exact) mass is 355 g/mol. The Kier molecular flexibility index (Phi) is 4.98. The molecule has 1 aliphatic rings. The molecule has 0 bridgehead atoms. The van der Waals surface area contributed by atoms with Crippen LogP contribution in [0.1, 0.15) is 12.0 Å². The van der Waals surface area contributed by atoms with Gasteiger partial charge in [0.1, 0.15) is 12.4 Å². The third kappa shape index (κ3) is 4.05. The molecule has 0 fully saturated rings. The maximum atomic E-state index is 11.9. The Labute approximate surface area is 129 Å². The number of carboxylic acid groups (broad SMARTS) is 1. The van der Waals surface area contributed by atoms with Crippen molar-refractivity contribution in [3.8, 4) is 5.75 Å². The van der Waals surface area contributed by atoms with Crippen LogP contribution in [-0.4, -0.2) is 41.3 Å². The van der Waals surface area contributed by atoms with Gasteiger partial charge < -0.3 is 20.3 Å². The van der Waals surface area contributed by atoms with Crippen LogP contribution < -0.4 is 10.1 Å². The Morgan fingerprint density at radius 1 is 1.43 bits per heavy atom. The molecule has 6 nitrogen and oxygen atoms in total. The fraction of sp³-hybridized carbons (Fsp3) is 0.286. The van der Waals surface area contributed by atoms with Crippen LogP contribution in [0.25, 0.3) is 6.08 Å². The number of halogens is 1. The van der Waals surface area contributed by atoms with E-state index in [2.05, 4.69) is 21.2 Å². The van der Waals surface area contributed by atoms with Gasteiger partial charge in [-0.3, -0.25) is 4.79 Å². The average Bonchev–Trinajstić information content (AvgIpc) is 2.45. The number of aliphatic hydroxyl groups excluding tert-OH is 1. The predicted molar refractivity (Wildman–Crippen MR) is 78.9 cm³/mol. The number of carboxylic acids is 1. The zero-order chi connectivity index (χ0) is 15.4. The van der Waals surface area contributed by atoms with E-state index in [9.17, 15) is 9.59 Å². The normalized spacial score (nSPS) is 14.5. The zero-order valence-electron chi connectivity index (χ0n) is 11.0. The highest BCUT2D eigenvalue weighted by molar-refractivity contribution is 9.10. The van der Waals surface area contributed by atoms with E-state index in [1.54, 1.807) is 6.08 Å². The van der Waals surface area contributed by atoms with E-state index in [1.165, 1.54) is 0 Å². The molecule has 1 aromatic rings. The number of rotatable bonds is 5. The van der Waals surface area contributed by atoms with Crippen molar-refractivity contribution in [3.63, 3.8) is 0 Å². The number of nitrogens with one attached hydrogen (secondary N) is 1.